The van der Waals surface area contributed by atoms with Crippen molar-refractivity contribution in [3.8, 4) is 5.75 Å². The zero-order valence-corrected chi connectivity index (χ0v) is 11.2. The van der Waals surface area contributed by atoms with Gasteiger partial charge in [0, 0.05) is 12.5 Å². The molecule has 0 aliphatic rings. The van der Waals surface area contributed by atoms with Gasteiger partial charge in [0.15, 0.2) is 0 Å². The number of carbonyl (C=O) groups excluding carboxylic acids is 1. The molecule has 0 spiro atoms. The van der Waals surface area contributed by atoms with Crippen LogP contribution in [0.1, 0.15) is 17.3 Å². The minimum atomic E-state index is -1.12. The summed E-state index contributed by atoms with van der Waals surface area (Å²) >= 11 is 0. The van der Waals surface area contributed by atoms with Gasteiger partial charge in [-0.25, -0.2) is 4.79 Å². The van der Waals surface area contributed by atoms with E-state index < -0.39 is 5.97 Å². The average Bonchev–Trinajstić information content (AvgIpc) is 2.39. The summed E-state index contributed by atoms with van der Waals surface area (Å²) in [5.74, 6) is -1.18. The highest BCUT2D eigenvalue weighted by atomic mass is 16.5. The van der Waals surface area contributed by atoms with Crippen LogP contribution in [0.25, 0.3) is 0 Å². The highest BCUT2D eigenvalue weighted by Gasteiger charge is 2.17. The Morgan fingerprint density at radius 3 is 2.63 bits per heavy atom. The Bertz CT molecular complexity index is 474. The molecule has 6 heteroatoms. The number of hydrogen-bond donors (Lipinski definition) is 3. The highest BCUT2D eigenvalue weighted by Crippen LogP contribution is 2.22. The van der Waals surface area contributed by atoms with Gasteiger partial charge >= 0.3 is 5.97 Å². The van der Waals surface area contributed by atoms with Crippen LogP contribution in [-0.4, -0.2) is 37.7 Å². The summed E-state index contributed by atoms with van der Waals surface area (Å²) in [6, 6.07) is 4.50. The predicted octanol–water partition coefficient (Wildman–Crippen LogP) is 1.19. The number of ether oxygens (including phenoxy) is 1. The number of aromatic carboxylic acids is 1. The van der Waals surface area contributed by atoms with Crippen molar-refractivity contribution in [2.75, 3.05) is 26.0 Å². The van der Waals surface area contributed by atoms with Crippen molar-refractivity contribution in [3.05, 3.63) is 23.8 Å². The number of benzene rings is 1. The van der Waals surface area contributed by atoms with Gasteiger partial charge in [0.1, 0.15) is 5.75 Å². The van der Waals surface area contributed by atoms with Gasteiger partial charge in [0.2, 0.25) is 5.91 Å². The number of amides is 1. The van der Waals surface area contributed by atoms with Gasteiger partial charge in [-0.1, -0.05) is 6.92 Å². The number of carbonyl (C=O) groups is 2. The molecule has 0 radical (unpaired) electrons. The van der Waals surface area contributed by atoms with Crippen molar-refractivity contribution in [1.82, 2.24) is 5.32 Å². The number of rotatable bonds is 6. The third kappa shape index (κ3) is 3.96. The van der Waals surface area contributed by atoms with Gasteiger partial charge in [-0.15, -0.1) is 0 Å². The number of hydrogen-bond acceptors (Lipinski definition) is 4. The standard InChI is InChI=1S/C13H18N2O4/c1-8(7-14-2)12(16)15-11-5-4-9(19-3)6-10(11)13(17)18/h4-6,8,14H,7H2,1-3H3,(H,15,16)(H,17,18). The van der Waals surface area contributed by atoms with Gasteiger partial charge in [0.25, 0.3) is 0 Å². The first-order valence-corrected chi connectivity index (χ1v) is 5.86. The summed E-state index contributed by atoms with van der Waals surface area (Å²) in [4.78, 5) is 23.0. The van der Waals surface area contributed by atoms with E-state index in [9.17, 15) is 9.59 Å². The fourth-order valence-corrected chi connectivity index (χ4v) is 1.59. The lowest BCUT2D eigenvalue weighted by Crippen LogP contribution is -2.29. The Labute approximate surface area is 111 Å². The van der Waals surface area contributed by atoms with Crippen molar-refractivity contribution in [2.45, 2.75) is 6.92 Å². The number of carboxylic acids is 1. The van der Waals surface area contributed by atoms with Crippen LogP contribution in [-0.2, 0) is 4.79 Å². The van der Waals surface area contributed by atoms with Crippen LogP contribution in [0.2, 0.25) is 0 Å². The molecule has 1 aromatic carbocycles. The number of nitrogens with one attached hydrogen (secondary N) is 2. The quantitative estimate of drug-likeness (QED) is 0.720. The third-order valence-electron chi connectivity index (χ3n) is 2.67. The molecule has 6 nitrogen and oxygen atoms in total. The second-order valence-electron chi connectivity index (χ2n) is 4.16. The molecule has 19 heavy (non-hydrogen) atoms. The van der Waals surface area contributed by atoms with Gasteiger partial charge in [-0.3, -0.25) is 4.79 Å². The molecular weight excluding hydrogens is 248 g/mol. The summed E-state index contributed by atoms with van der Waals surface area (Å²) in [5, 5.41) is 14.6. The first-order valence-electron chi connectivity index (χ1n) is 5.86. The van der Waals surface area contributed by atoms with Crippen LogP contribution in [0.3, 0.4) is 0 Å². The summed E-state index contributed by atoms with van der Waals surface area (Å²) in [6.45, 7) is 2.28. The van der Waals surface area contributed by atoms with Gasteiger partial charge in [0.05, 0.1) is 18.4 Å². The van der Waals surface area contributed by atoms with Crippen LogP contribution >= 0.6 is 0 Å². The summed E-state index contributed by atoms with van der Waals surface area (Å²) in [7, 11) is 3.20. The molecule has 0 heterocycles. The molecule has 0 bridgehead atoms. The molecule has 1 rings (SSSR count). The number of carboxylic acid groups (broad SMARTS) is 1. The Hall–Kier alpha value is -2.08. The number of anilines is 1. The van der Waals surface area contributed by atoms with Crippen molar-refractivity contribution >= 4 is 17.6 Å². The topological polar surface area (TPSA) is 87.7 Å². The van der Waals surface area contributed by atoms with E-state index in [-0.39, 0.29) is 23.1 Å². The van der Waals surface area contributed by atoms with Gasteiger partial charge in [-0.2, -0.15) is 0 Å². The van der Waals surface area contributed by atoms with E-state index in [4.69, 9.17) is 9.84 Å². The van der Waals surface area contributed by atoms with Crippen LogP contribution in [0.5, 0.6) is 5.75 Å². The molecule has 104 valence electrons. The largest absolute Gasteiger partial charge is 0.497 e. The maximum atomic E-state index is 11.9. The van der Waals surface area contributed by atoms with Crippen LogP contribution in [0.4, 0.5) is 5.69 Å². The number of methoxy groups -OCH3 is 1. The third-order valence-corrected chi connectivity index (χ3v) is 2.67. The SMILES string of the molecule is CNCC(C)C(=O)Nc1ccc(OC)cc1C(=O)O. The normalized spacial score (nSPS) is 11.7. The zero-order chi connectivity index (χ0) is 14.4. The lowest BCUT2D eigenvalue weighted by molar-refractivity contribution is -0.119. The molecule has 1 atom stereocenters. The molecular formula is C13H18N2O4. The van der Waals surface area contributed by atoms with Crippen molar-refractivity contribution in [1.29, 1.82) is 0 Å². The van der Waals surface area contributed by atoms with E-state index in [1.807, 2.05) is 0 Å². The lowest BCUT2D eigenvalue weighted by atomic mass is 10.1. The smallest absolute Gasteiger partial charge is 0.337 e. The minimum absolute atomic E-state index is 0.00403. The molecule has 0 aliphatic heterocycles. The highest BCUT2D eigenvalue weighted by molar-refractivity contribution is 6.01. The van der Waals surface area contributed by atoms with E-state index in [2.05, 4.69) is 10.6 Å². The molecule has 0 fully saturated rings. The second-order valence-corrected chi connectivity index (χ2v) is 4.16. The molecule has 0 aliphatic carbocycles. The zero-order valence-electron chi connectivity index (χ0n) is 11.2. The summed E-state index contributed by atoms with van der Waals surface area (Å²) < 4.78 is 4.96. The van der Waals surface area contributed by atoms with E-state index in [1.54, 1.807) is 20.0 Å². The summed E-state index contributed by atoms with van der Waals surface area (Å²) in [6.07, 6.45) is 0. The Morgan fingerprint density at radius 2 is 2.11 bits per heavy atom. The van der Waals surface area contributed by atoms with Gasteiger partial charge in [-0.05, 0) is 25.2 Å². The van der Waals surface area contributed by atoms with Crippen LogP contribution < -0.4 is 15.4 Å². The van der Waals surface area contributed by atoms with E-state index in [1.165, 1.54) is 19.2 Å². The van der Waals surface area contributed by atoms with Crippen molar-refractivity contribution in [2.24, 2.45) is 5.92 Å². The molecule has 0 aromatic heterocycles. The maximum absolute atomic E-state index is 11.9. The molecule has 1 unspecified atom stereocenters. The molecule has 1 amide bonds. The lowest BCUT2D eigenvalue weighted by Gasteiger charge is -2.14. The first kappa shape index (κ1) is 15.0. The molecule has 0 saturated carbocycles. The predicted molar refractivity (Wildman–Crippen MR) is 71.7 cm³/mol. The Morgan fingerprint density at radius 1 is 1.42 bits per heavy atom. The second kappa shape index (κ2) is 6.75. The fraction of sp³-hybridized carbons (Fsp3) is 0.385. The molecule has 1 aromatic rings. The van der Waals surface area contributed by atoms with E-state index in [0.717, 1.165) is 0 Å². The average molecular weight is 266 g/mol. The van der Waals surface area contributed by atoms with Crippen molar-refractivity contribution < 1.29 is 19.4 Å². The Balaban J connectivity index is 2.94. The Kier molecular flexibility index (Phi) is 5.32. The van der Waals surface area contributed by atoms with E-state index >= 15 is 0 Å². The summed E-state index contributed by atoms with van der Waals surface area (Å²) in [5.41, 5.74) is 0.269. The minimum Gasteiger partial charge on any atom is -0.497 e. The molecule has 3 N–H and O–H groups in total. The van der Waals surface area contributed by atoms with Gasteiger partial charge < -0.3 is 20.5 Å². The van der Waals surface area contributed by atoms with Crippen LogP contribution in [0, 0.1) is 5.92 Å². The van der Waals surface area contributed by atoms with Crippen molar-refractivity contribution in [3.63, 3.8) is 0 Å². The fourth-order valence-electron chi connectivity index (χ4n) is 1.59. The monoisotopic (exact) mass is 266 g/mol. The van der Waals surface area contributed by atoms with Crippen LogP contribution in [0.15, 0.2) is 18.2 Å². The first-order chi connectivity index (χ1) is 8.99. The van der Waals surface area contributed by atoms with E-state index in [0.29, 0.717) is 12.3 Å². The maximum Gasteiger partial charge on any atom is 0.337 e. The molecule has 0 saturated heterocycles.